The first kappa shape index (κ1) is 11.9. The molecule has 2 aromatic heterocycles. The van der Waals surface area contributed by atoms with E-state index in [-0.39, 0.29) is 0 Å². The summed E-state index contributed by atoms with van der Waals surface area (Å²) in [7, 11) is 0. The van der Waals surface area contributed by atoms with Gasteiger partial charge in [-0.3, -0.25) is 0 Å². The Morgan fingerprint density at radius 1 is 0.727 bits per heavy atom. The molecule has 3 aromatic carbocycles. The van der Waals surface area contributed by atoms with Crippen LogP contribution < -0.4 is 0 Å². The summed E-state index contributed by atoms with van der Waals surface area (Å²) < 4.78 is 7.51. The van der Waals surface area contributed by atoms with Crippen LogP contribution in [0.15, 0.2) is 66.7 Å². The monoisotopic (exact) mass is 301 g/mol. The smallest absolute Gasteiger partial charge is 0.129 e. The quantitative estimate of drug-likeness (QED) is 0.446. The van der Waals surface area contributed by atoms with Gasteiger partial charge in [-0.1, -0.05) is 47.0 Å². The van der Waals surface area contributed by atoms with Gasteiger partial charge in [0.05, 0.1) is 21.4 Å². The molecule has 0 saturated carbocycles. The van der Waals surface area contributed by atoms with Crippen LogP contribution in [0.3, 0.4) is 0 Å². The van der Waals surface area contributed by atoms with Crippen molar-refractivity contribution in [1.82, 2.24) is 14.2 Å². The van der Waals surface area contributed by atoms with E-state index in [1.165, 1.54) is 33.3 Å². The molecular formula is C18H11N3S. The Labute approximate surface area is 130 Å². The second-order valence-corrected chi connectivity index (χ2v) is 6.05. The van der Waals surface area contributed by atoms with Crippen LogP contribution in [0.2, 0.25) is 0 Å². The fourth-order valence-corrected chi connectivity index (χ4v) is 3.73. The molecule has 0 aliphatic carbocycles. The standard InChI is InChI=1S/C18H11N3S/c1-3-8-14-12(6-1)13-7-2-4-9-15(13)21(14)16-10-5-11-17-18(16)19-20-22-17/h1-11H. The number of para-hydroxylation sites is 2. The van der Waals surface area contributed by atoms with Crippen molar-refractivity contribution in [2.24, 2.45) is 0 Å². The second-order valence-electron chi connectivity index (χ2n) is 5.27. The highest BCUT2D eigenvalue weighted by molar-refractivity contribution is 7.13. The van der Waals surface area contributed by atoms with Crippen LogP contribution in [0.5, 0.6) is 0 Å². The first-order valence-electron chi connectivity index (χ1n) is 7.13. The Kier molecular flexibility index (Phi) is 2.37. The number of hydrogen-bond donors (Lipinski definition) is 0. The molecule has 0 fully saturated rings. The van der Waals surface area contributed by atoms with Gasteiger partial charge in [-0.2, -0.15) is 0 Å². The Hall–Kier alpha value is -2.72. The van der Waals surface area contributed by atoms with Crippen molar-refractivity contribution in [2.45, 2.75) is 0 Å². The van der Waals surface area contributed by atoms with Crippen molar-refractivity contribution in [3.8, 4) is 5.69 Å². The summed E-state index contributed by atoms with van der Waals surface area (Å²) >= 11 is 1.44. The zero-order valence-electron chi connectivity index (χ0n) is 11.6. The molecule has 0 spiro atoms. The molecule has 0 N–H and O–H groups in total. The topological polar surface area (TPSA) is 30.7 Å². The largest absolute Gasteiger partial charge is 0.307 e. The van der Waals surface area contributed by atoms with Crippen LogP contribution in [0, 0.1) is 0 Å². The molecule has 0 aliphatic heterocycles. The van der Waals surface area contributed by atoms with Crippen LogP contribution in [0.25, 0.3) is 37.7 Å². The first-order chi connectivity index (χ1) is 10.9. The Morgan fingerprint density at radius 2 is 1.41 bits per heavy atom. The van der Waals surface area contributed by atoms with E-state index in [1.807, 2.05) is 0 Å². The van der Waals surface area contributed by atoms with Gasteiger partial charge in [-0.15, -0.1) is 5.10 Å². The van der Waals surface area contributed by atoms with Crippen molar-refractivity contribution in [1.29, 1.82) is 0 Å². The molecule has 0 unspecified atom stereocenters. The molecule has 5 aromatic rings. The molecule has 0 aliphatic rings. The molecule has 0 atom stereocenters. The van der Waals surface area contributed by atoms with E-state index in [1.54, 1.807) is 0 Å². The maximum Gasteiger partial charge on any atom is 0.129 e. The van der Waals surface area contributed by atoms with E-state index in [2.05, 4.69) is 80.9 Å². The molecule has 5 rings (SSSR count). The maximum absolute atomic E-state index is 4.34. The summed E-state index contributed by atoms with van der Waals surface area (Å²) in [6, 6.07) is 23.3. The molecule has 0 radical (unpaired) electrons. The minimum absolute atomic E-state index is 0.957. The van der Waals surface area contributed by atoms with Gasteiger partial charge in [0.2, 0.25) is 0 Å². The van der Waals surface area contributed by atoms with Crippen LogP contribution in [0.1, 0.15) is 0 Å². The molecule has 22 heavy (non-hydrogen) atoms. The number of hydrogen-bond acceptors (Lipinski definition) is 3. The second kappa shape index (κ2) is 4.39. The van der Waals surface area contributed by atoms with Gasteiger partial charge >= 0.3 is 0 Å². The summed E-state index contributed by atoms with van der Waals surface area (Å²) in [5.41, 5.74) is 4.44. The lowest BCUT2D eigenvalue weighted by atomic mass is 10.2. The van der Waals surface area contributed by atoms with Crippen molar-refractivity contribution >= 4 is 43.6 Å². The average Bonchev–Trinajstić information content (AvgIpc) is 3.17. The van der Waals surface area contributed by atoms with Gasteiger partial charge in [0, 0.05) is 10.8 Å². The van der Waals surface area contributed by atoms with Crippen molar-refractivity contribution < 1.29 is 0 Å². The number of nitrogens with zero attached hydrogens (tertiary/aromatic N) is 3. The van der Waals surface area contributed by atoms with E-state index in [0.29, 0.717) is 0 Å². The molecule has 3 nitrogen and oxygen atoms in total. The number of fused-ring (bicyclic) bond motifs is 4. The molecule has 0 amide bonds. The van der Waals surface area contributed by atoms with E-state index in [9.17, 15) is 0 Å². The lowest BCUT2D eigenvalue weighted by Gasteiger charge is -2.07. The average molecular weight is 301 g/mol. The van der Waals surface area contributed by atoms with Gasteiger partial charge in [0.1, 0.15) is 5.52 Å². The zero-order chi connectivity index (χ0) is 14.5. The SMILES string of the molecule is c1cc(-n2c3ccccc3c3ccccc32)c2nnsc2c1. The summed E-state index contributed by atoms with van der Waals surface area (Å²) in [6.07, 6.45) is 0. The van der Waals surface area contributed by atoms with Gasteiger partial charge in [-0.25, -0.2) is 0 Å². The summed E-state index contributed by atoms with van der Waals surface area (Å²) in [6.45, 7) is 0. The zero-order valence-corrected chi connectivity index (χ0v) is 12.4. The van der Waals surface area contributed by atoms with Gasteiger partial charge in [0.15, 0.2) is 0 Å². The van der Waals surface area contributed by atoms with Crippen LogP contribution in [-0.4, -0.2) is 14.2 Å². The fraction of sp³-hybridized carbons (Fsp3) is 0. The minimum Gasteiger partial charge on any atom is -0.307 e. The maximum atomic E-state index is 4.34. The molecule has 4 heteroatoms. The molecule has 2 heterocycles. The van der Waals surface area contributed by atoms with Crippen LogP contribution in [0.4, 0.5) is 0 Å². The van der Waals surface area contributed by atoms with Crippen LogP contribution in [-0.2, 0) is 0 Å². The first-order valence-corrected chi connectivity index (χ1v) is 7.90. The van der Waals surface area contributed by atoms with E-state index in [0.717, 1.165) is 15.9 Å². The third-order valence-corrected chi connectivity index (χ3v) is 4.77. The lowest BCUT2D eigenvalue weighted by Crippen LogP contribution is -1.94. The molecule has 0 bridgehead atoms. The Bertz CT molecular complexity index is 1080. The Balaban J connectivity index is 2.04. The highest BCUT2D eigenvalue weighted by Gasteiger charge is 2.14. The molecule has 104 valence electrons. The van der Waals surface area contributed by atoms with E-state index in [4.69, 9.17) is 0 Å². The lowest BCUT2D eigenvalue weighted by molar-refractivity contribution is 1.15. The molecular weight excluding hydrogens is 290 g/mol. The summed E-state index contributed by atoms with van der Waals surface area (Å²) in [5, 5.41) is 6.86. The van der Waals surface area contributed by atoms with Gasteiger partial charge in [0.25, 0.3) is 0 Å². The van der Waals surface area contributed by atoms with Crippen molar-refractivity contribution in [2.75, 3.05) is 0 Å². The van der Waals surface area contributed by atoms with Crippen molar-refractivity contribution in [3.63, 3.8) is 0 Å². The van der Waals surface area contributed by atoms with E-state index >= 15 is 0 Å². The normalized spacial score (nSPS) is 11.6. The third kappa shape index (κ3) is 1.50. The number of aromatic nitrogens is 3. The number of benzene rings is 3. The highest BCUT2D eigenvalue weighted by atomic mass is 32.1. The van der Waals surface area contributed by atoms with E-state index < -0.39 is 0 Å². The molecule has 0 saturated heterocycles. The van der Waals surface area contributed by atoms with Gasteiger partial charge in [-0.05, 0) is 35.8 Å². The summed E-state index contributed by atoms with van der Waals surface area (Å²) in [4.78, 5) is 0. The van der Waals surface area contributed by atoms with Crippen LogP contribution >= 0.6 is 11.5 Å². The summed E-state index contributed by atoms with van der Waals surface area (Å²) in [5.74, 6) is 0. The Morgan fingerprint density at radius 3 is 2.14 bits per heavy atom. The van der Waals surface area contributed by atoms with Crippen molar-refractivity contribution in [3.05, 3.63) is 66.7 Å². The minimum atomic E-state index is 0.957. The predicted octanol–water partition coefficient (Wildman–Crippen LogP) is 4.79. The fourth-order valence-electron chi connectivity index (χ4n) is 3.15. The predicted molar refractivity (Wildman–Crippen MR) is 91.8 cm³/mol. The third-order valence-electron chi connectivity index (χ3n) is 4.08. The number of rotatable bonds is 1. The highest BCUT2D eigenvalue weighted by Crippen LogP contribution is 2.34. The van der Waals surface area contributed by atoms with Gasteiger partial charge < -0.3 is 4.57 Å².